The summed E-state index contributed by atoms with van der Waals surface area (Å²) < 4.78 is 1.82. The minimum absolute atomic E-state index is 0.0191. The Morgan fingerprint density at radius 2 is 2.30 bits per heavy atom. The van der Waals surface area contributed by atoms with Gasteiger partial charge in [0, 0.05) is 25.5 Å². The molecule has 3 rings (SSSR count). The van der Waals surface area contributed by atoms with Gasteiger partial charge in [0.2, 0.25) is 0 Å². The molecule has 1 unspecified atom stereocenters. The van der Waals surface area contributed by atoms with Gasteiger partial charge in [0.15, 0.2) is 0 Å². The molecule has 3 heterocycles. The van der Waals surface area contributed by atoms with Crippen molar-refractivity contribution < 1.29 is 9.90 Å². The van der Waals surface area contributed by atoms with E-state index in [2.05, 4.69) is 5.10 Å². The van der Waals surface area contributed by atoms with Crippen LogP contribution in [0, 0.1) is 6.92 Å². The number of fused-ring (bicyclic) bond motifs is 1. The molecule has 2 aromatic rings. The lowest BCUT2D eigenvalue weighted by Gasteiger charge is -2.36. The van der Waals surface area contributed by atoms with Crippen LogP contribution >= 0.6 is 11.3 Å². The molecule has 0 spiro atoms. The third-order valence-corrected chi connectivity index (χ3v) is 5.06. The highest BCUT2D eigenvalue weighted by Crippen LogP contribution is 2.30. The maximum Gasteiger partial charge on any atom is 0.264 e. The lowest BCUT2D eigenvalue weighted by atomic mass is 9.95. The summed E-state index contributed by atoms with van der Waals surface area (Å²) in [6, 6.07) is 1.92. The van der Waals surface area contributed by atoms with E-state index in [1.54, 1.807) is 11.8 Å². The summed E-state index contributed by atoms with van der Waals surface area (Å²) >= 11 is 1.47. The predicted molar refractivity (Wildman–Crippen MR) is 79.1 cm³/mol. The Labute approximate surface area is 121 Å². The van der Waals surface area contributed by atoms with Crippen molar-refractivity contribution in [2.45, 2.75) is 32.3 Å². The van der Waals surface area contributed by atoms with Crippen molar-refractivity contribution in [1.82, 2.24) is 14.7 Å². The lowest BCUT2D eigenvalue weighted by Crippen LogP contribution is -2.48. The van der Waals surface area contributed by atoms with E-state index in [1.165, 1.54) is 11.3 Å². The number of thiophene rings is 1. The second-order valence-electron chi connectivity index (χ2n) is 5.87. The first kappa shape index (κ1) is 13.6. The third kappa shape index (κ3) is 2.23. The van der Waals surface area contributed by atoms with E-state index in [0.29, 0.717) is 6.54 Å². The second-order valence-corrected chi connectivity index (χ2v) is 6.90. The molecule has 1 amide bonds. The van der Waals surface area contributed by atoms with Gasteiger partial charge in [0.25, 0.3) is 5.91 Å². The monoisotopic (exact) mass is 293 g/mol. The van der Waals surface area contributed by atoms with Gasteiger partial charge in [-0.25, -0.2) is 0 Å². The number of aromatic nitrogens is 2. The van der Waals surface area contributed by atoms with Gasteiger partial charge in [-0.05, 0) is 32.8 Å². The van der Waals surface area contributed by atoms with Crippen LogP contribution in [0.4, 0.5) is 0 Å². The first-order valence-corrected chi connectivity index (χ1v) is 7.64. The molecular formula is C14H19N3O2S. The molecule has 108 valence electrons. The van der Waals surface area contributed by atoms with Crippen LogP contribution in [0.5, 0.6) is 0 Å². The molecule has 1 atom stereocenters. The van der Waals surface area contributed by atoms with Crippen molar-refractivity contribution in [3.05, 3.63) is 16.6 Å². The molecule has 6 heteroatoms. The van der Waals surface area contributed by atoms with Gasteiger partial charge in [-0.15, -0.1) is 11.3 Å². The number of β-amino-alcohol motifs (C(OH)–C–C–N with tert-alkyl or cyclic N) is 1. The van der Waals surface area contributed by atoms with Crippen LogP contribution in [-0.2, 0) is 7.05 Å². The Morgan fingerprint density at radius 3 is 2.95 bits per heavy atom. The number of piperidine rings is 1. The minimum Gasteiger partial charge on any atom is -0.388 e. The van der Waals surface area contributed by atoms with Gasteiger partial charge in [-0.3, -0.25) is 9.48 Å². The number of hydrogen-bond donors (Lipinski definition) is 1. The first-order chi connectivity index (χ1) is 9.37. The van der Waals surface area contributed by atoms with Gasteiger partial charge >= 0.3 is 0 Å². The Bertz CT molecular complexity index is 637. The SMILES string of the molecule is Cc1nn(C)c2sc(C(=O)N3CCCC(C)(O)C3)cc12. The predicted octanol–water partition coefficient (Wildman–Crippen LogP) is 1.93. The molecule has 5 nitrogen and oxygen atoms in total. The van der Waals surface area contributed by atoms with Crippen molar-refractivity contribution in [2.24, 2.45) is 7.05 Å². The number of nitrogens with zero attached hydrogens (tertiary/aromatic N) is 3. The Hall–Kier alpha value is -1.40. The summed E-state index contributed by atoms with van der Waals surface area (Å²) in [7, 11) is 1.89. The van der Waals surface area contributed by atoms with Crippen molar-refractivity contribution in [3.8, 4) is 0 Å². The molecule has 1 N–H and O–H groups in total. The number of carbonyl (C=O) groups is 1. The van der Waals surface area contributed by atoms with Gasteiger partial charge in [0.1, 0.15) is 4.83 Å². The van der Waals surface area contributed by atoms with Crippen LogP contribution in [0.2, 0.25) is 0 Å². The van der Waals surface area contributed by atoms with Crippen LogP contribution in [0.3, 0.4) is 0 Å². The summed E-state index contributed by atoms with van der Waals surface area (Å²) in [6.07, 6.45) is 1.61. The first-order valence-electron chi connectivity index (χ1n) is 6.82. The van der Waals surface area contributed by atoms with E-state index in [1.807, 2.05) is 24.7 Å². The molecule has 0 bridgehead atoms. The van der Waals surface area contributed by atoms with Gasteiger partial charge in [-0.1, -0.05) is 0 Å². The van der Waals surface area contributed by atoms with Crippen LogP contribution in [0.15, 0.2) is 6.07 Å². The van der Waals surface area contributed by atoms with Crippen molar-refractivity contribution in [1.29, 1.82) is 0 Å². The standard InChI is InChI=1S/C14H19N3O2S/c1-9-10-7-11(20-13(10)16(3)15-9)12(18)17-6-4-5-14(2,19)8-17/h7,19H,4-6,8H2,1-3H3. The summed E-state index contributed by atoms with van der Waals surface area (Å²) in [6.45, 7) is 4.89. The fourth-order valence-corrected chi connectivity index (χ4v) is 3.95. The number of likely N-dealkylation sites (tertiary alicyclic amines) is 1. The summed E-state index contributed by atoms with van der Waals surface area (Å²) in [4.78, 5) is 16.1. The number of rotatable bonds is 1. The van der Waals surface area contributed by atoms with Crippen molar-refractivity contribution in [2.75, 3.05) is 13.1 Å². The Morgan fingerprint density at radius 1 is 1.55 bits per heavy atom. The maximum absolute atomic E-state index is 12.6. The molecule has 0 aromatic carbocycles. The van der Waals surface area contributed by atoms with Gasteiger partial charge in [0.05, 0.1) is 16.2 Å². The average molecular weight is 293 g/mol. The zero-order valence-electron chi connectivity index (χ0n) is 12.0. The molecule has 0 saturated carbocycles. The number of carbonyl (C=O) groups excluding carboxylic acids is 1. The fraction of sp³-hybridized carbons (Fsp3) is 0.571. The largest absolute Gasteiger partial charge is 0.388 e. The van der Waals surface area contributed by atoms with E-state index >= 15 is 0 Å². The molecule has 0 radical (unpaired) electrons. The van der Waals surface area contributed by atoms with Crippen molar-refractivity contribution in [3.63, 3.8) is 0 Å². The highest BCUT2D eigenvalue weighted by Gasteiger charge is 2.32. The van der Waals surface area contributed by atoms with Crippen LogP contribution in [0.1, 0.15) is 35.1 Å². The van der Waals surface area contributed by atoms with Gasteiger partial charge < -0.3 is 10.0 Å². The number of amides is 1. The second kappa shape index (κ2) is 4.56. The molecule has 0 aliphatic carbocycles. The van der Waals surface area contributed by atoms with Gasteiger partial charge in [-0.2, -0.15) is 5.10 Å². The van der Waals surface area contributed by atoms with Crippen LogP contribution in [0.25, 0.3) is 10.2 Å². The molecular weight excluding hydrogens is 274 g/mol. The molecule has 1 fully saturated rings. The number of hydrogen-bond acceptors (Lipinski definition) is 4. The van der Waals surface area contributed by atoms with Crippen LogP contribution < -0.4 is 0 Å². The van der Waals surface area contributed by atoms with Crippen LogP contribution in [-0.4, -0.2) is 44.4 Å². The molecule has 20 heavy (non-hydrogen) atoms. The highest BCUT2D eigenvalue weighted by atomic mass is 32.1. The third-order valence-electron chi connectivity index (χ3n) is 3.87. The highest BCUT2D eigenvalue weighted by molar-refractivity contribution is 7.20. The maximum atomic E-state index is 12.6. The molecule has 1 saturated heterocycles. The minimum atomic E-state index is -0.762. The molecule has 1 aliphatic heterocycles. The van der Waals surface area contributed by atoms with E-state index in [-0.39, 0.29) is 5.91 Å². The topological polar surface area (TPSA) is 58.4 Å². The Kier molecular flexibility index (Phi) is 3.10. The summed E-state index contributed by atoms with van der Waals surface area (Å²) in [5.41, 5.74) is 0.186. The van der Waals surface area contributed by atoms with E-state index in [9.17, 15) is 9.90 Å². The van der Waals surface area contributed by atoms with E-state index in [4.69, 9.17) is 0 Å². The summed E-state index contributed by atoms with van der Waals surface area (Å²) in [5.74, 6) is 0.0191. The van der Waals surface area contributed by atoms with E-state index < -0.39 is 5.60 Å². The quantitative estimate of drug-likeness (QED) is 0.874. The molecule has 1 aliphatic rings. The number of aryl methyl sites for hydroxylation is 2. The zero-order chi connectivity index (χ0) is 14.5. The normalized spacial score (nSPS) is 23.5. The number of aliphatic hydroxyl groups is 1. The smallest absolute Gasteiger partial charge is 0.264 e. The Balaban J connectivity index is 1.90. The summed E-state index contributed by atoms with van der Waals surface area (Å²) in [5, 5.41) is 15.5. The lowest BCUT2D eigenvalue weighted by molar-refractivity contribution is -0.0105. The van der Waals surface area contributed by atoms with Crippen molar-refractivity contribution >= 4 is 27.5 Å². The average Bonchev–Trinajstić information content (AvgIpc) is 2.90. The molecule has 2 aromatic heterocycles. The zero-order valence-corrected chi connectivity index (χ0v) is 12.8. The fourth-order valence-electron chi connectivity index (χ4n) is 2.86. The van der Waals surface area contributed by atoms with E-state index in [0.717, 1.165) is 40.2 Å².